The summed E-state index contributed by atoms with van der Waals surface area (Å²) in [5, 5.41) is -0.0569. The van der Waals surface area contributed by atoms with Crippen LogP contribution >= 0.6 is 0 Å². The van der Waals surface area contributed by atoms with E-state index in [2.05, 4.69) is 106 Å². The standard InChI is InChI=1S/C11H24OSi2.C9H24OSi2/c1-9-13(5,6)11(3,4)12-14(7,8)10-2;1-8(11(4)5)9(2,3)10-12(6)7/h9-10H,1-2H2,3-8H3;8,11-12H,1-7H3. The van der Waals surface area contributed by atoms with Crippen LogP contribution in [0.1, 0.15) is 34.6 Å². The minimum Gasteiger partial charge on any atom is -0.416 e. The maximum atomic E-state index is 6.24. The van der Waals surface area contributed by atoms with Crippen LogP contribution in [-0.2, 0) is 8.85 Å². The van der Waals surface area contributed by atoms with Gasteiger partial charge in [-0.15, -0.1) is 13.2 Å². The van der Waals surface area contributed by atoms with Crippen LogP contribution in [0.25, 0.3) is 0 Å². The van der Waals surface area contributed by atoms with E-state index in [9.17, 15) is 0 Å². The van der Waals surface area contributed by atoms with E-state index in [1.165, 1.54) is 0 Å². The SMILES string of the molecule is C=C[Si](C)(C)OC(C)(C)[Si](C)(C)C=C.CC([SiH](C)C)C(C)(C)O[SiH](C)C. The van der Waals surface area contributed by atoms with Crippen molar-refractivity contribution in [1.29, 1.82) is 0 Å². The highest BCUT2D eigenvalue weighted by atomic mass is 28.4. The highest BCUT2D eigenvalue weighted by Gasteiger charge is 2.41. The molecule has 0 radical (unpaired) electrons. The van der Waals surface area contributed by atoms with E-state index < -0.39 is 34.2 Å². The summed E-state index contributed by atoms with van der Waals surface area (Å²) in [5.41, 5.74) is 4.98. The largest absolute Gasteiger partial charge is 0.416 e. The van der Waals surface area contributed by atoms with Crippen LogP contribution < -0.4 is 0 Å². The predicted molar refractivity (Wildman–Crippen MR) is 133 cm³/mol. The average molecular weight is 433 g/mol. The Labute approximate surface area is 170 Å². The average Bonchev–Trinajstić information content (AvgIpc) is 2.44. The molecule has 156 valence electrons. The fraction of sp³-hybridized carbons (Fsp3) is 0.800. The first-order valence-corrected chi connectivity index (χ1v) is 21.8. The third-order valence-electron chi connectivity index (χ3n) is 5.71. The van der Waals surface area contributed by atoms with E-state index in [1.54, 1.807) is 0 Å². The zero-order chi connectivity index (χ0) is 21.6. The first-order valence-electron chi connectivity index (χ1n) is 10.0. The fourth-order valence-corrected chi connectivity index (χ4v) is 9.60. The number of hydrogen-bond donors (Lipinski definition) is 0. The van der Waals surface area contributed by atoms with Gasteiger partial charge in [0, 0.05) is 14.0 Å². The molecule has 0 aliphatic carbocycles. The summed E-state index contributed by atoms with van der Waals surface area (Å²) in [6, 6.07) is 0. The fourth-order valence-electron chi connectivity index (χ4n) is 2.59. The molecule has 0 amide bonds. The summed E-state index contributed by atoms with van der Waals surface area (Å²) < 4.78 is 12.3. The molecule has 0 heterocycles. The van der Waals surface area contributed by atoms with E-state index >= 15 is 0 Å². The lowest BCUT2D eigenvalue weighted by Crippen LogP contribution is -2.55. The summed E-state index contributed by atoms with van der Waals surface area (Å²) >= 11 is 0. The molecule has 0 aliphatic heterocycles. The van der Waals surface area contributed by atoms with Crippen LogP contribution in [0, 0.1) is 0 Å². The van der Waals surface area contributed by atoms with Gasteiger partial charge in [0.05, 0.1) is 5.60 Å². The van der Waals surface area contributed by atoms with Gasteiger partial charge in [-0.2, -0.15) is 0 Å². The van der Waals surface area contributed by atoms with Crippen molar-refractivity contribution in [2.75, 3.05) is 0 Å². The molecule has 0 spiro atoms. The van der Waals surface area contributed by atoms with E-state index in [4.69, 9.17) is 8.85 Å². The van der Waals surface area contributed by atoms with Gasteiger partial charge in [0.2, 0.25) is 8.32 Å². The lowest BCUT2D eigenvalue weighted by molar-refractivity contribution is 0.104. The summed E-state index contributed by atoms with van der Waals surface area (Å²) in [5.74, 6) is 0. The quantitative estimate of drug-likeness (QED) is 0.396. The maximum Gasteiger partial charge on any atom is 0.210 e. The molecule has 0 rings (SSSR count). The van der Waals surface area contributed by atoms with Gasteiger partial charge in [0.25, 0.3) is 0 Å². The molecule has 1 unspecified atom stereocenters. The molecule has 0 aromatic carbocycles. The zero-order valence-electron chi connectivity index (χ0n) is 20.1. The Kier molecular flexibility index (Phi) is 11.7. The molecule has 0 aliphatic rings. The van der Waals surface area contributed by atoms with Gasteiger partial charge in [-0.1, -0.05) is 44.5 Å². The van der Waals surface area contributed by atoms with Crippen molar-refractivity contribution in [3.8, 4) is 0 Å². The minimum atomic E-state index is -1.69. The summed E-state index contributed by atoms with van der Waals surface area (Å²) in [7, 11) is -4.61. The smallest absolute Gasteiger partial charge is 0.210 e. The second kappa shape index (κ2) is 10.7. The second-order valence-corrected chi connectivity index (χ2v) is 24.8. The van der Waals surface area contributed by atoms with Gasteiger partial charge in [-0.05, 0) is 59.4 Å². The summed E-state index contributed by atoms with van der Waals surface area (Å²) in [6.07, 6.45) is 0. The van der Waals surface area contributed by atoms with Crippen molar-refractivity contribution in [1.82, 2.24) is 0 Å². The zero-order valence-corrected chi connectivity index (χ0v) is 24.4. The van der Waals surface area contributed by atoms with Gasteiger partial charge in [0.1, 0.15) is 8.07 Å². The molecule has 26 heavy (non-hydrogen) atoms. The first-order chi connectivity index (χ1) is 11.3. The Hall–Kier alpha value is 0.268. The van der Waals surface area contributed by atoms with Crippen LogP contribution in [0.3, 0.4) is 0 Å². The Bertz CT molecular complexity index is 441. The predicted octanol–water partition coefficient (Wildman–Crippen LogP) is 6.33. The van der Waals surface area contributed by atoms with Gasteiger partial charge in [0.15, 0.2) is 9.04 Å². The molecule has 0 saturated carbocycles. The van der Waals surface area contributed by atoms with E-state index in [-0.39, 0.29) is 10.8 Å². The van der Waals surface area contributed by atoms with Crippen molar-refractivity contribution in [2.24, 2.45) is 0 Å². The maximum absolute atomic E-state index is 6.24. The van der Waals surface area contributed by atoms with Crippen molar-refractivity contribution in [3.05, 3.63) is 24.6 Å². The lowest BCUT2D eigenvalue weighted by atomic mass is 10.1. The second-order valence-electron chi connectivity index (χ2n) is 10.1. The molecule has 2 nitrogen and oxygen atoms in total. The number of hydrogen-bond acceptors (Lipinski definition) is 2. The molecule has 0 saturated heterocycles. The number of rotatable bonds is 9. The molecular weight excluding hydrogens is 385 g/mol. The van der Waals surface area contributed by atoms with E-state index in [1.807, 2.05) is 5.70 Å². The molecule has 1 atom stereocenters. The Morgan fingerprint density at radius 3 is 1.58 bits per heavy atom. The van der Waals surface area contributed by atoms with E-state index in [0.29, 0.717) is 0 Å². The minimum absolute atomic E-state index is 0.0569. The normalized spacial score (nSPS) is 14.7. The molecule has 0 bridgehead atoms. The van der Waals surface area contributed by atoms with Crippen LogP contribution in [-0.4, -0.2) is 45.1 Å². The Morgan fingerprint density at radius 1 is 0.885 bits per heavy atom. The summed E-state index contributed by atoms with van der Waals surface area (Å²) in [4.78, 5) is 0. The van der Waals surface area contributed by atoms with Gasteiger partial charge >= 0.3 is 0 Å². The first kappa shape index (κ1) is 28.5. The van der Waals surface area contributed by atoms with Gasteiger partial charge in [-0.3, -0.25) is 0 Å². The van der Waals surface area contributed by atoms with Crippen molar-refractivity contribution in [2.45, 2.75) is 103 Å². The van der Waals surface area contributed by atoms with Crippen molar-refractivity contribution in [3.63, 3.8) is 0 Å². The third kappa shape index (κ3) is 9.99. The molecule has 0 fully saturated rings. The van der Waals surface area contributed by atoms with Crippen LogP contribution in [0.5, 0.6) is 0 Å². The molecule has 0 aromatic heterocycles. The summed E-state index contributed by atoms with van der Waals surface area (Å²) in [6.45, 7) is 37.2. The van der Waals surface area contributed by atoms with Gasteiger partial charge in [-0.25, -0.2) is 0 Å². The van der Waals surface area contributed by atoms with Crippen LogP contribution in [0.2, 0.25) is 57.9 Å². The topological polar surface area (TPSA) is 18.5 Å². The third-order valence-corrected chi connectivity index (χ3v) is 16.0. The van der Waals surface area contributed by atoms with Crippen molar-refractivity contribution < 1.29 is 8.85 Å². The Balaban J connectivity index is 0. The Morgan fingerprint density at radius 2 is 1.31 bits per heavy atom. The molecular formula is C20H48O2Si4. The monoisotopic (exact) mass is 432 g/mol. The van der Waals surface area contributed by atoms with Gasteiger partial charge < -0.3 is 8.85 Å². The van der Waals surface area contributed by atoms with E-state index in [0.717, 1.165) is 5.54 Å². The lowest BCUT2D eigenvalue weighted by Gasteiger charge is -2.42. The molecule has 0 aromatic rings. The van der Waals surface area contributed by atoms with Crippen LogP contribution in [0.15, 0.2) is 24.6 Å². The highest BCUT2D eigenvalue weighted by Crippen LogP contribution is 2.30. The highest BCUT2D eigenvalue weighted by molar-refractivity contribution is 6.86. The molecule has 0 N–H and O–H groups in total. The molecule has 6 heteroatoms. The van der Waals surface area contributed by atoms with Crippen LogP contribution in [0.4, 0.5) is 0 Å². The van der Waals surface area contributed by atoms with Crippen molar-refractivity contribution >= 4 is 34.2 Å².